The summed E-state index contributed by atoms with van der Waals surface area (Å²) in [6.07, 6.45) is 6.35. The topological polar surface area (TPSA) is 108 Å². The van der Waals surface area contributed by atoms with E-state index in [0.29, 0.717) is 19.4 Å². The van der Waals surface area contributed by atoms with Crippen LogP contribution in [0.5, 0.6) is 0 Å². The predicted molar refractivity (Wildman–Crippen MR) is 89.6 cm³/mol. The van der Waals surface area contributed by atoms with E-state index in [4.69, 9.17) is 5.11 Å². The summed E-state index contributed by atoms with van der Waals surface area (Å²) in [6, 6.07) is 0. The number of halogens is 1. The van der Waals surface area contributed by atoms with Crippen LogP contribution in [0.4, 0.5) is 0 Å². The smallest absolute Gasteiger partial charge is 0.322 e. The van der Waals surface area contributed by atoms with E-state index in [0.717, 1.165) is 32.1 Å². The second kappa shape index (κ2) is 11.2. The Morgan fingerprint density at radius 3 is 2.26 bits per heavy atom. The summed E-state index contributed by atoms with van der Waals surface area (Å²) in [7, 11) is 0. The van der Waals surface area contributed by atoms with Gasteiger partial charge in [0.2, 0.25) is 11.8 Å². The van der Waals surface area contributed by atoms with Gasteiger partial charge in [0.15, 0.2) is 0 Å². The van der Waals surface area contributed by atoms with Crippen LogP contribution < -0.4 is 16.0 Å². The molecule has 0 bridgehead atoms. The van der Waals surface area contributed by atoms with Gasteiger partial charge in [-0.2, -0.15) is 0 Å². The number of amides is 2. The van der Waals surface area contributed by atoms with E-state index in [1.54, 1.807) is 0 Å². The number of hydrogen-bond donors (Lipinski definition) is 4. The van der Waals surface area contributed by atoms with Crippen molar-refractivity contribution in [2.75, 3.05) is 19.6 Å². The first kappa shape index (κ1) is 21.7. The molecule has 4 N–H and O–H groups in total. The molecule has 2 amide bonds. The zero-order valence-electron chi connectivity index (χ0n) is 13.7. The van der Waals surface area contributed by atoms with Crippen LogP contribution in [-0.4, -0.2) is 48.1 Å². The average molecular weight is 350 g/mol. The highest BCUT2D eigenvalue weighted by molar-refractivity contribution is 5.88. The molecule has 0 aromatic carbocycles. The Morgan fingerprint density at radius 1 is 1.04 bits per heavy atom. The molecule has 0 unspecified atom stereocenters. The Kier molecular flexibility index (Phi) is 10.6. The number of carbonyl (C=O) groups excluding carboxylic acids is 2. The maximum atomic E-state index is 12.5. The van der Waals surface area contributed by atoms with Gasteiger partial charge in [-0.15, -0.1) is 12.4 Å². The van der Waals surface area contributed by atoms with Gasteiger partial charge in [0.05, 0.1) is 12.1 Å². The average Bonchev–Trinajstić information content (AvgIpc) is 2.52. The Hall–Kier alpha value is -1.34. The van der Waals surface area contributed by atoms with Crippen molar-refractivity contribution in [1.29, 1.82) is 0 Å². The fourth-order valence-electron chi connectivity index (χ4n) is 2.67. The lowest BCUT2D eigenvalue weighted by Gasteiger charge is -2.36. The molecule has 1 aliphatic carbocycles. The van der Waals surface area contributed by atoms with Crippen molar-refractivity contribution >= 4 is 30.2 Å². The van der Waals surface area contributed by atoms with Crippen molar-refractivity contribution in [2.45, 2.75) is 57.4 Å². The monoisotopic (exact) mass is 349 g/mol. The largest absolute Gasteiger partial charge is 0.480 e. The first-order valence-corrected chi connectivity index (χ1v) is 8.02. The molecule has 134 valence electrons. The van der Waals surface area contributed by atoms with Gasteiger partial charge in [-0.05, 0) is 19.3 Å². The first-order chi connectivity index (χ1) is 10.5. The van der Waals surface area contributed by atoms with E-state index in [-0.39, 0.29) is 24.9 Å². The van der Waals surface area contributed by atoms with E-state index in [1.165, 1.54) is 0 Å². The summed E-state index contributed by atoms with van der Waals surface area (Å²) in [5, 5.41) is 16.8. The van der Waals surface area contributed by atoms with Crippen LogP contribution in [-0.2, 0) is 14.4 Å². The van der Waals surface area contributed by atoms with E-state index < -0.39 is 24.0 Å². The maximum Gasteiger partial charge on any atom is 0.322 e. The van der Waals surface area contributed by atoms with Gasteiger partial charge in [0, 0.05) is 6.54 Å². The molecule has 1 saturated carbocycles. The van der Waals surface area contributed by atoms with E-state index in [1.807, 2.05) is 0 Å². The lowest BCUT2D eigenvalue weighted by Crippen LogP contribution is -2.60. The summed E-state index contributed by atoms with van der Waals surface area (Å²) in [6.45, 7) is 2.25. The number of carbonyl (C=O) groups is 3. The van der Waals surface area contributed by atoms with Gasteiger partial charge < -0.3 is 15.7 Å². The Labute approximate surface area is 143 Å². The quantitative estimate of drug-likeness (QED) is 0.461. The van der Waals surface area contributed by atoms with Crippen LogP contribution in [0.1, 0.15) is 51.9 Å². The molecule has 0 saturated heterocycles. The minimum atomic E-state index is -1.09. The number of aliphatic carboxylic acids is 1. The third-order valence-corrected chi connectivity index (χ3v) is 3.98. The van der Waals surface area contributed by atoms with Gasteiger partial charge in [-0.3, -0.25) is 19.7 Å². The molecule has 0 aromatic heterocycles. The molecule has 0 heterocycles. The third kappa shape index (κ3) is 7.65. The van der Waals surface area contributed by atoms with Gasteiger partial charge in [0.25, 0.3) is 0 Å². The fraction of sp³-hybridized carbons (Fsp3) is 0.800. The van der Waals surface area contributed by atoms with Crippen molar-refractivity contribution in [3.05, 3.63) is 0 Å². The molecule has 7 nitrogen and oxygen atoms in total. The predicted octanol–water partition coefficient (Wildman–Crippen LogP) is 0.818. The molecule has 1 fully saturated rings. The number of carboxylic acids is 1. The zero-order valence-corrected chi connectivity index (χ0v) is 14.5. The highest BCUT2D eigenvalue weighted by Crippen LogP contribution is 2.28. The number of rotatable bonds is 9. The molecule has 0 aromatic rings. The number of hydrogen-bond acceptors (Lipinski definition) is 4. The number of carboxylic acid groups (broad SMARTS) is 1. The van der Waals surface area contributed by atoms with Crippen LogP contribution in [0.3, 0.4) is 0 Å². The van der Waals surface area contributed by atoms with Crippen LogP contribution in [0.2, 0.25) is 0 Å². The summed E-state index contributed by atoms with van der Waals surface area (Å²) in [5.41, 5.74) is -0.702. The Morgan fingerprint density at radius 2 is 1.70 bits per heavy atom. The lowest BCUT2D eigenvalue weighted by molar-refractivity contribution is -0.138. The highest BCUT2D eigenvalue weighted by Gasteiger charge is 2.39. The first-order valence-electron chi connectivity index (χ1n) is 8.02. The standard InChI is InChI=1S/C15H27N3O4.ClH/c1-2-3-9-16-14(22)15(7-5-4-6-8-15)18-10-12(19)17-11-13(20)21;/h18H,2-11H2,1H3,(H,16,22)(H,17,19)(H,20,21);1H. The maximum absolute atomic E-state index is 12.5. The van der Waals surface area contributed by atoms with Crippen molar-refractivity contribution < 1.29 is 19.5 Å². The molecule has 1 aliphatic rings. The van der Waals surface area contributed by atoms with Crippen molar-refractivity contribution in [1.82, 2.24) is 16.0 Å². The second-order valence-corrected chi connectivity index (χ2v) is 5.78. The minimum Gasteiger partial charge on any atom is -0.480 e. The Balaban J connectivity index is 0.00000484. The van der Waals surface area contributed by atoms with Crippen LogP contribution >= 0.6 is 12.4 Å². The van der Waals surface area contributed by atoms with Crippen molar-refractivity contribution in [3.63, 3.8) is 0 Å². The van der Waals surface area contributed by atoms with E-state index >= 15 is 0 Å². The molecule has 1 rings (SSSR count). The molecular formula is C15H28ClN3O4. The number of unbranched alkanes of at least 4 members (excludes halogenated alkanes) is 1. The molecule has 0 radical (unpaired) electrons. The highest BCUT2D eigenvalue weighted by atomic mass is 35.5. The molecule has 0 atom stereocenters. The van der Waals surface area contributed by atoms with Gasteiger partial charge >= 0.3 is 5.97 Å². The summed E-state index contributed by atoms with van der Waals surface area (Å²) < 4.78 is 0. The second-order valence-electron chi connectivity index (χ2n) is 5.78. The molecule has 8 heteroatoms. The van der Waals surface area contributed by atoms with Gasteiger partial charge in [-0.1, -0.05) is 32.6 Å². The Bertz CT molecular complexity index is 398. The van der Waals surface area contributed by atoms with Crippen LogP contribution in [0.25, 0.3) is 0 Å². The van der Waals surface area contributed by atoms with E-state index in [2.05, 4.69) is 22.9 Å². The third-order valence-electron chi connectivity index (χ3n) is 3.98. The summed E-state index contributed by atoms with van der Waals surface area (Å²) in [5.74, 6) is -1.54. The van der Waals surface area contributed by atoms with Crippen LogP contribution in [0, 0.1) is 0 Å². The molecule has 0 spiro atoms. The van der Waals surface area contributed by atoms with Crippen molar-refractivity contribution in [2.24, 2.45) is 0 Å². The summed E-state index contributed by atoms with van der Waals surface area (Å²) in [4.78, 5) is 34.5. The number of nitrogens with one attached hydrogen (secondary N) is 3. The van der Waals surface area contributed by atoms with Crippen molar-refractivity contribution in [3.8, 4) is 0 Å². The van der Waals surface area contributed by atoms with Crippen LogP contribution in [0.15, 0.2) is 0 Å². The fourth-order valence-corrected chi connectivity index (χ4v) is 2.67. The molecular weight excluding hydrogens is 322 g/mol. The summed E-state index contributed by atoms with van der Waals surface area (Å²) >= 11 is 0. The molecule has 23 heavy (non-hydrogen) atoms. The normalized spacial score (nSPS) is 16.0. The molecule has 0 aliphatic heterocycles. The van der Waals surface area contributed by atoms with Gasteiger partial charge in [-0.25, -0.2) is 0 Å². The van der Waals surface area contributed by atoms with Gasteiger partial charge in [0.1, 0.15) is 6.54 Å². The minimum absolute atomic E-state index is 0. The lowest BCUT2D eigenvalue weighted by atomic mass is 9.80. The van der Waals surface area contributed by atoms with E-state index in [9.17, 15) is 14.4 Å². The SMILES string of the molecule is CCCCNC(=O)C1(NCC(=O)NCC(=O)O)CCCCC1.Cl. The zero-order chi connectivity index (χ0) is 16.4.